The summed E-state index contributed by atoms with van der Waals surface area (Å²) < 4.78 is 10.8. The summed E-state index contributed by atoms with van der Waals surface area (Å²) in [6.07, 6.45) is -0.775. The normalized spacial score (nSPS) is 12.0. The summed E-state index contributed by atoms with van der Waals surface area (Å²) in [5.74, 6) is 0.0786. The predicted molar refractivity (Wildman–Crippen MR) is 104 cm³/mol. The van der Waals surface area contributed by atoms with Crippen LogP contribution >= 0.6 is 0 Å². The molecule has 2 N–H and O–H groups in total. The van der Waals surface area contributed by atoms with Crippen molar-refractivity contribution in [2.75, 3.05) is 7.11 Å². The van der Waals surface area contributed by atoms with Gasteiger partial charge >= 0.3 is 0 Å². The second-order valence-corrected chi connectivity index (χ2v) is 7.18. The van der Waals surface area contributed by atoms with Gasteiger partial charge in [0.05, 0.1) is 12.7 Å². The fourth-order valence-electron chi connectivity index (χ4n) is 2.41. The molecule has 0 spiro atoms. The topological polar surface area (TPSA) is 76.7 Å². The first-order chi connectivity index (χ1) is 12.7. The van der Waals surface area contributed by atoms with Crippen LogP contribution in [0.2, 0.25) is 0 Å². The van der Waals surface area contributed by atoms with E-state index in [0.717, 1.165) is 0 Å². The van der Waals surface area contributed by atoms with Crippen molar-refractivity contribution in [2.45, 2.75) is 39.2 Å². The number of rotatable bonds is 5. The highest BCUT2D eigenvalue weighted by atomic mass is 16.5. The van der Waals surface area contributed by atoms with Gasteiger partial charge in [0.1, 0.15) is 11.5 Å². The molecule has 2 rings (SSSR count). The fraction of sp³-hybridized carbons (Fsp3) is 0.333. The number of carbonyl (C=O) groups is 2. The van der Waals surface area contributed by atoms with Crippen molar-refractivity contribution in [1.29, 1.82) is 0 Å². The third-order valence-corrected chi connectivity index (χ3v) is 4.05. The summed E-state index contributed by atoms with van der Waals surface area (Å²) >= 11 is 0. The fourth-order valence-corrected chi connectivity index (χ4v) is 2.41. The summed E-state index contributed by atoms with van der Waals surface area (Å²) in [4.78, 5) is 24.4. The molecule has 6 nitrogen and oxygen atoms in total. The Morgan fingerprint density at radius 1 is 0.963 bits per heavy atom. The number of hydrogen-bond acceptors (Lipinski definition) is 4. The molecule has 0 aliphatic carbocycles. The molecule has 0 aromatic heterocycles. The average molecular weight is 370 g/mol. The summed E-state index contributed by atoms with van der Waals surface area (Å²) in [6.45, 7) is 8.00. The van der Waals surface area contributed by atoms with E-state index in [-0.39, 0.29) is 5.41 Å². The monoisotopic (exact) mass is 370 g/mol. The van der Waals surface area contributed by atoms with E-state index in [1.54, 1.807) is 31.2 Å². The maximum Gasteiger partial charge on any atom is 0.279 e. The molecular weight excluding hydrogens is 344 g/mol. The van der Waals surface area contributed by atoms with E-state index >= 15 is 0 Å². The zero-order valence-corrected chi connectivity index (χ0v) is 16.3. The van der Waals surface area contributed by atoms with Crippen LogP contribution in [0.1, 0.15) is 43.6 Å². The lowest BCUT2D eigenvalue weighted by Crippen LogP contribution is -2.47. The largest absolute Gasteiger partial charge is 0.496 e. The molecule has 0 radical (unpaired) electrons. The maximum atomic E-state index is 12.2. The second kappa shape index (κ2) is 8.58. The lowest BCUT2D eigenvalue weighted by Gasteiger charge is -2.20. The molecular formula is C21H26N2O4. The Labute approximate surface area is 159 Å². The lowest BCUT2D eigenvalue weighted by atomic mass is 9.87. The summed E-state index contributed by atoms with van der Waals surface area (Å²) in [6, 6.07) is 14.4. The van der Waals surface area contributed by atoms with Crippen LogP contribution in [-0.2, 0) is 10.2 Å². The number of ether oxygens (including phenoxy) is 2. The van der Waals surface area contributed by atoms with Crippen LogP contribution in [0.5, 0.6) is 11.5 Å². The van der Waals surface area contributed by atoms with Gasteiger partial charge in [-0.05, 0) is 42.2 Å². The van der Waals surface area contributed by atoms with Crippen LogP contribution in [0.15, 0.2) is 48.5 Å². The number of para-hydroxylation sites is 1. The molecule has 0 fully saturated rings. The van der Waals surface area contributed by atoms with Gasteiger partial charge in [-0.15, -0.1) is 0 Å². The van der Waals surface area contributed by atoms with Crippen molar-refractivity contribution < 1.29 is 19.1 Å². The molecule has 0 aliphatic heterocycles. The third-order valence-electron chi connectivity index (χ3n) is 4.05. The van der Waals surface area contributed by atoms with Crippen LogP contribution in [0.4, 0.5) is 0 Å². The number of hydrazine groups is 1. The average Bonchev–Trinajstić information content (AvgIpc) is 2.65. The zero-order valence-electron chi connectivity index (χ0n) is 16.3. The van der Waals surface area contributed by atoms with Crippen LogP contribution in [0.3, 0.4) is 0 Å². The number of hydrogen-bond donors (Lipinski definition) is 2. The van der Waals surface area contributed by atoms with E-state index in [1.807, 2.05) is 24.3 Å². The van der Waals surface area contributed by atoms with Gasteiger partial charge in [-0.2, -0.15) is 0 Å². The minimum atomic E-state index is -0.775. The van der Waals surface area contributed by atoms with Gasteiger partial charge in [0, 0.05) is 0 Å². The Morgan fingerprint density at radius 2 is 1.59 bits per heavy atom. The smallest absolute Gasteiger partial charge is 0.279 e. The molecule has 0 bridgehead atoms. The Morgan fingerprint density at radius 3 is 2.19 bits per heavy atom. The van der Waals surface area contributed by atoms with Crippen molar-refractivity contribution in [3.05, 3.63) is 59.7 Å². The predicted octanol–water partition coefficient (Wildman–Crippen LogP) is 3.22. The highest BCUT2D eigenvalue weighted by Crippen LogP contribution is 2.24. The van der Waals surface area contributed by atoms with E-state index in [1.165, 1.54) is 12.7 Å². The minimum Gasteiger partial charge on any atom is -0.496 e. The molecule has 0 aliphatic rings. The molecule has 2 amide bonds. The van der Waals surface area contributed by atoms with E-state index < -0.39 is 17.9 Å². The highest BCUT2D eigenvalue weighted by molar-refractivity contribution is 5.98. The first kappa shape index (κ1) is 20.3. The van der Waals surface area contributed by atoms with Gasteiger partial charge in [0.2, 0.25) is 0 Å². The van der Waals surface area contributed by atoms with Crippen LogP contribution in [0.25, 0.3) is 0 Å². The van der Waals surface area contributed by atoms with E-state index in [0.29, 0.717) is 17.1 Å². The van der Waals surface area contributed by atoms with Gasteiger partial charge in [0.25, 0.3) is 11.8 Å². The van der Waals surface area contributed by atoms with Gasteiger partial charge in [0.15, 0.2) is 6.10 Å². The van der Waals surface area contributed by atoms with Gasteiger partial charge in [-0.25, -0.2) is 0 Å². The van der Waals surface area contributed by atoms with Crippen LogP contribution < -0.4 is 20.3 Å². The Kier molecular flexibility index (Phi) is 6.45. The van der Waals surface area contributed by atoms with Crippen molar-refractivity contribution in [2.24, 2.45) is 0 Å². The summed E-state index contributed by atoms with van der Waals surface area (Å²) in [5.41, 5.74) is 6.29. The first-order valence-corrected chi connectivity index (χ1v) is 8.73. The number of carbonyl (C=O) groups excluding carboxylic acids is 2. The van der Waals surface area contributed by atoms with Crippen LogP contribution in [0, 0.1) is 0 Å². The van der Waals surface area contributed by atoms with Crippen LogP contribution in [-0.4, -0.2) is 25.0 Å². The molecule has 2 aromatic carbocycles. The molecule has 1 atom stereocenters. The number of methoxy groups -OCH3 is 1. The summed E-state index contributed by atoms with van der Waals surface area (Å²) in [5, 5.41) is 0. The number of benzene rings is 2. The quantitative estimate of drug-likeness (QED) is 0.793. The molecule has 144 valence electrons. The van der Waals surface area contributed by atoms with Crippen molar-refractivity contribution in [3.8, 4) is 11.5 Å². The SMILES string of the molecule is COc1ccccc1C(=O)NNC(=O)C(C)Oc1ccc(C(C)(C)C)cc1. The highest BCUT2D eigenvalue weighted by Gasteiger charge is 2.18. The standard InChI is InChI=1S/C21H26N2O4/c1-14(27-16-12-10-15(11-13-16)21(2,3)4)19(24)22-23-20(25)17-8-6-7-9-18(17)26-5/h6-14H,1-5H3,(H,22,24)(H,23,25). The molecule has 6 heteroatoms. The molecule has 0 saturated carbocycles. The zero-order chi connectivity index (χ0) is 20.0. The van der Waals surface area contributed by atoms with Crippen molar-refractivity contribution >= 4 is 11.8 Å². The third kappa shape index (κ3) is 5.48. The second-order valence-electron chi connectivity index (χ2n) is 7.18. The first-order valence-electron chi connectivity index (χ1n) is 8.73. The van der Waals surface area contributed by atoms with Gasteiger partial charge < -0.3 is 9.47 Å². The lowest BCUT2D eigenvalue weighted by molar-refractivity contribution is -0.128. The van der Waals surface area contributed by atoms with Gasteiger partial charge in [-0.1, -0.05) is 45.0 Å². The Balaban J connectivity index is 1.91. The van der Waals surface area contributed by atoms with Crippen molar-refractivity contribution in [1.82, 2.24) is 10.9 Å². The van der Waals surface area contributed by atoms with Crippen molar-refractivity contribution in [3.63, 3.8) is 0 Å². The molecule has 0 heterocycles. The Bertz CT molecular complexity index is 795. The molecule has 0 saturated heterocycles. The number of amides is 2. The molecule has 1 unspecified atom stereocenters. The molecule has 2 aromatic rings. The van der Waals surface area contributed by atoms with E-state index in [2.05, 4.69) is 31.6 Å². The number of nitrogens with one attached hydrogen (secondary N) is 2. The summed E-state index contributed by atoms with van der Waals surface area (Å²) in [7, 11) is 1.48. The van der Waals surface area contributed by atoms with E-state index in [9.17, 15) is 9.59 Å². The molecule has 27 heavy (non-hydrogen) atoms. The van der Waals surface area contributed by atoms with E-state index in [4.69, 9.17) is 9.47 Å². The van der Waals surface area contributed by atoms with Gasteiger partial charge in [-0.3, -0.25) is 20.4 Å². The minimum absolute atomic E-state index is 0.0459. The maximum absolute atomic E-state index is 12.2. The Hall–Kier alpha value is -3.02.